The standard InChI is InChI=1S/C12H18FNO2/c1-8(7-14)10-5-11(15-2)9(6-13)4-12(10)16-3/h4-5,8H,6-7,14H2,1-3H3. The molecule has 90 valence electrons. The highest BCUT2D eigenvalue weighted by Gasteiger charge is 2.15. The molecule has 0 fully saturated rings. The Morgan fingerprint density at radius 3 is 2.31 bits per heavy atom. The van der Waals surface area contributed by atoms with E-state index in [0.29, 0.717) is 23.6 Å². The van der Waals surface area contributed by atoms with Crippen molar-refractivity contribution in [2.75, 3.05) is 20.8 Å². The molecule has 4 heteroatoms. The fourth-order valence-electron chi connectivity index (χ4n) is 1.60. The Morgan fingerprint density at radius 1 is 1.25 bits per heavy atom. The fraction of sp³-hybridized carbons (Fsp3) is 0.500. The Kier molecular flexibility index (Phi) is 4.55. The summed E-state index contributed by atoms with van der Waals surface area (Å²) in [7, 11) is 3.09. The monoisotopic (exact) mass is 227 g/mol. The van der Waals surface area contributed by atoms with E-state index in [1.807, 2.05) is 6.92 Å². The zero-order valence-corrected chi connectivity index (χ0v) is 9.92. The van der Waals surface area contributed by atoms with E-state index >= 15 is 0 Å². The third-order valence-corrected chi connectivity index (χ3v) is 2.66. The smallest absolute Gasteiger partial charge is 0.125 e. The van der Waals surface area contributed by atoms with Crippen LogP contribution in [0.4, 0.5) is 4.39 Å². The molecule has 0 aliphatic heterocycles. The highest BCUT2D eigenvalue weighted by molar-refractivity contribution is 5.47. The van der Waals surface area contributed by atoms with E-state index in [-0.39, 0.29) is 5.92 Å². The zero-order valence-electron chi connectivity index (χ0n) is 9.92. The van der Waals surface area contributed by atoms with Crippen LogP contribution in [0.25, 0.3) is 0 Å². The fourth-order valence-corrected chi connectivity index (χ4v) is 1.60. The van der Waals surface area contributed by atoms with Crippen molar-refractivity contribution in [3.8, 4) is 11.5 Å². The molecule has 0 amide bonds. The van der Waals surface area contributed by atoms with E-state index in [1.165, 1.54) is 7.11 Å². The SMILES string of the molecule is COc1cc(C(C)CN)c(OC)cc1CF. The molecule has 0 heterocycles. The molecule has 0 aliphatic carbocycles. The normalized spacial score (nSPS) is 12.3. The molecule has 0 aliphatic rings. The third-order valence-electron chi connectivity index (χ3n) is 2.66. The Bertz CT molecular complexity index is 355. The first-order valence-electron chi connectivity index (χ1n) is 5.18. The van der Waals surface area contributed by atoms with Crippen molar-refractivity contribution < 1.29 is 13.9 Å². The van der Waals surface area contributed by atoms with Gasteiger partial charge in [-0.15, -0.1) is 0 Å². The molecule has 1 atom stereocenters. The summed E-state index contributed by atoms with van der Waals surface area (Å²) in [6.45, 7) is 1.93. The molecule has 0 spiro atoms. The molecule has 1 aromatic rings. The first kappa shape index (κ1) is 12.8. The van der Waals surface area contributed by atoms with Gasteiger partial charge < -0.3 is 15.2 Å². The number of methoxy groups -OCH3 is 2. The van der Waals surface area contributed by atoms with E-state index in [1.54, 1.807) is 19.2 Å². The zero-order chi connectivity index (χ0) is 12.1. The molecule has 3 nitrogen and oxygen atoms in total. The van der Waals surface area contributed by atoms with Gasteiger partial charge in [0.2, 0.25) is 0 Å². The van der Waals surface area contributed by atoms with Crippen molar-refractivity contribution in [1.82, 2.24) is 0 Å². The van der Waals surface area contributed by atoms with Crippen molar-refractivity contribution in [2.45, 2.75) is 19.5 Å². The van der Waals surface area contributed by atoms with Crippen LogP contribution in [0.2, 0.25) is 0 Å². The molecule has 1 unspecified atom stereocenters. The Hall–Kier alpha value is -1.29. The van der Waals surface area contributed by atoms with Crippen LogP contribution in [0, 0.1) is 0 Å². The van der Waals surface area contributed by atoms with Crippen molar-refractivity contribution in [3.05, 3.63) is 23.3 Å². The van der Waals surface area contributed by atoms with Crippen molar-refractivity contribution >= 4 is 0 Å². The quantitative estimate of drug-likeness (QED) is 0.839. The first-order valence-corrected chi connectivity index (χ1v) is 5.18. The van der Waals surface area contributed by atoms with Crippen LogP contribution in [0.1, 0.15) is 24.0 Å². The molecule has 16 heavy (non-hydrogen) atoms. The van der Waals surface area contributed by atoms with E-state index in [9.17, 15) is 4.39 Å². The van der Waals surface area contributed by atoms with Gasteiger partial charge in [0.25, 0.3) is 0 Å². The number of rotatable bonds is 5. The van der Waals surface area contributed by atoms with Crippen molar-refractivity contribution in [1.29, 1.82) is 0 Å². The lowest BCUT2D eigenvalue weighted by molar-refractivity contribution is 0.381. The van der Waals surface area contributed by atoms with Crippen LogP contribution >= 0.6 is 0 Å². The van der Waals surface area contributed by atoms with Gasteiger partial charge in [0.05, 0.1) is 14.2 Å². The Balaban J connectivity index is 3.25. The van der Waals surface area contributed by atoms with Crippen LogP contribution in [0.5, 0.6) is 11.5 Å². The summed E-state index contributed by atoms with van der Waals surface area (Å²) in [4.78, 5) is 0. The summed E-state index contributed by atoms with van der Waals surface area (Å²) < 4.78 is 23.1. The minimum Gasteiger partial charge on any atom is -0.496 e. The number of ether oxygens (including phenoxy) is 2. The predicted molar refractivity (Wildman–Crippen MR) is 61.8 cm³/mol. The molecule has 0 saturated heterocycles. The molecule has 0 aromatic heterocycles. The van der Waals surface area contributed by atoms with Gasteiger partial charge in [-0.3, -0.25) is 0 Å². The van der Waals surface area contributed by atoms with Crippen molar-refractivity contribution in [2.24, 2.45) is 5.73 Å². The minimum absolute atomic E-state index is 0.150. The predicted octanol–water partition coefficient (Wildman–Crippen LogP) is 2.24. The first-order chi connectivity index (χ1) is 7.67. The molecular weight excluding hydrogens is 209 g/mol. The topological polar surface area (TPSA) is 44.5 Å². The second kappa shape index (κ2) is 5.70. The maximum atomic E-state index is 12.7. The lowest BCUT2D eigenvalue weighted by Crippen LogP contribution is -2.10. The highest BCUT2D eigenvalue weighted by Crippen LogP contribution is 2.33. The molecule has 0 radical (unpaired) electrons. The number of alkyl halides is 1. The number of hydrogen-bond donors (Lipinski definition) is 1. The second-order valence-corrected chi connectivity index (χ2v) is 3.68. The maximum absolute atomic E-state index is 12.7. The van der Waals surface area contributed by atoms with Gasteiger partial charge in [0, 0.05) is 11.1 Å². The van der Waals surface area contributed by atoms with E-state index in [2.05, 4.69) is 0 Å². The Morgan fingerprint density at radius 2 is 1.88 bits per heavy atom. The molecule has 1 aromatic carbocycles. The molecular formula is C12H18FNO2. The van der Waals surface area contributed by atoms with Gasteiger partial charge in [0.1, 0.15) is 18.2 Å². The lowest BCUT2D eigenvalue weighted by atomic mass is 9.98. The lowest BCUT2D eigenvalue weighted by Gasteiger charge is -2.17. The van der Waals surface area contributed by atoms with Gasteiger partial charge in [-0.2, -0.15) is 0 Å². The van der Waals surface area contributed by atoms with Crippen LogP contribution in [-0.4, -0.2) is 20.8 Å². The summed E-state index contributed by atoms with van der Waals surface area (Å²) in [6, 6.07) is 3.46. The van der Waals surface area contributed by atoms with E-state index in [0.717, 1.165) is 5.56 Å². The summed E-state index contributed by atoms with van der Waals surface area (Å²) in [6.07, 6.45) is 0. The van der Waals surface area contributed by atoms with Gasteiger partial charge >= 0.3 is 0 Å². The minimum atomic E-state index is -0.573. The van der Waals surface area contributed by atoms with Gasteiger partial charge in [-0.1, -0.05) is 6.92 Å². The van der Waals surface area contributed by atoms with Crippen LogP contribution in [0.15, 0.2) is 12.1 Å². The highest BCUT2D eigenvalue weighted by atomic mass is 19.1. The van der Waals surface area contributed by atoms with Gasteiger partial charge in [-0.25, -0.2) is 4.39 Å². The largest absolute Gasteiger partial charge is 0.496 e. The second-order valence-electron chi connectivity index (χ2n) is 3.68. The van der Waals surface area contributed by atoms with Crippen LogP contribution in [0.3, 0.4) is 0 Å². The average Bonchev–Trinajstić information content (AvgIpc) is 2.35. The average molecular weight is 227 g/mol. The number of nitrogens with two attached hydrogens (primary N) is 1. The van der Waals surface area contributed by atoms with Crippen molar-refractivity contribution in [3.63, 3.8) is 0 Å². The van der Waals surface area contributed by atoms with Crippen LogP contribution < -0.4 is 15.2 Å². The number of halogens is 1. The molecule has 2 N–H and O–H groups in total. The number of hydrogen-bond acceptors (Lipinski definition) is 3. The van der Waals surface area contributed by atoms with Gasteiger partial charge in [-0.05, 0) is 24.6 Å². The van der Waals surface area contributed by atoms with E-state index < -0.39 is 6.67 Å². The summed E-state index contributed by atoms with van der Waals surface area (Å²) >= 11 is 0. The third kappa shape index (κ3) is 2.44. The Labute approximate surface area is 95.4 Å². The molecule has 0 bridgehead atoms. The molecule has 0 saturated carbocycles. The summed E-state index contributed by atoms with van der Waals surface area (Å²) in [5, 5.41) is 0. The number of benzene rings is 1. The summed E-state index contributed by atoms with van der Waals surface area (Å²) in [5.74, 6) is 1.35. The van der Waals surface area contributed by atoms with Gasteiger partial charge in [0.15, 0.2) is 0 Å². The summed E-state index contributed by atoms with van der Waals surface area (Å²) in [5.41, 5.74) is 7.06. The molecule has 1 rings (SSSR count). The van der Waals surface area contributed by atoms with Crippen LogP contribution in [-0.2, 0) is 6.67 Å². The maximum Gasteiger partial charge on any atom is 0.125 e. The van der Waals surface area contributed by atoms with E-state index in [4.69, 9.17) is 15.2 Å².